The van der Waals surface area contributed by atoms with Crippen LogP contribution in [0, 0.1) is 5.53 Å². The number of hydrogen-bond acceptors (Lipinski definition) is 7. The lowest BCUT2D eigenvalue weighted by atomic mass is 9.84. The molecule has 2 atom stereocenters. The number of ketones is 1. The van der Waals surface area contributed by atoms with Crippen LogP contribution in [0.25, 0.3) is 0 Å². The van der Waals surface area contributed by atoms with Crippen LogP contribution in [-0.2, 0) is 0 Å². The quantitative estimate of drug-likeness (QED) is 0.454. The minimum Gasteiger partial charge on any atom is -0.493 e. The van der Waals surface area contributed by atoms with Crippen molar-refractivity contribution in [1.29, 1.82) is 5.53 Å². The van der Waals surface area contributed by atoms with E-state index in [0.717, 1.165) is 5.56 Å². The second-order valence-electron chi connectivity index (χ2n) is 6.58. The van der Waals surface area contributed by atoms with Gasteiger partial charge in [0.05, 0.1) is 34.5 Å². The summed E-state index contributed by atoms with van der Waals surface area (Å²) in [7, 11) is 6.15. The van der Waals surface area contributed by atoms with E-state index in [1.807, 2.05) is 19.9 Å². The van der Waals surface area contributed by atoms with Crippen LogP contribution in [0.15, 0.2) is 35.4 Å². The Morgan fingerprint density at radius 3 is 2.00 bits per heavy atom. The number of nitrogens with one attached hydrogen (secondary N) is 1. The first-order valence-electron chi connectivity index (χ1n) is 9.34. The fourth-order valence-electron chi connectivity index (χ4n) is 3.44. The maximum Gasteiger partial charge on any atom is 0.193 e. The van der Waals surface area contributed by atoms with E-state index in [2.05, 4.69) is 5.11 Å². The van der Waals surface area contributed by atoms with Gasteiger partial charge in [-0.2, -0.15) is 5.11 Å². The Kier molecular flexibility index (Phi) is 7.59. The van der Waals surface area contributed by atoms with E-state index in [1.165, 1.54) is 14.2 Å². The molecule has 0 saturated heterocycles. The van der Waals surface area contributed by atoms with Gasteiger partial charge in [-0.15, -0.1) is 0 Å². The topological polar surface area (TPSA) is 90.2 Å². The van der Waals surface area contributed by atoms with Gasteiger partial charge < -0.3 is 18.9 Å². The minimum atomic E-state index is -0.282. The standard InChI is InChI=1S/C22H28N2O5/c1-7-15(13(2)24-23)16-11-20(28-5)21(29-6)12-17(16)22(25)14-8-9-18(26-3)19(10-14)27-4/h8-13,15,23H,7H2,1-6H3. The maximum atomic E-state index is 13.5. The van der Waals surface area contributed by atoms with Gasteiger partial charge in [0, 0.05) is 17.0 Å². The average Bonchev–Trinajstić information content (AvgIpc) is 2.77. The number of ether oxygens (including phenoxy) is 4. The molecule has 2 aromatic rings. The number of nitrogens with zero attached hydrogens (tertiary/aromatic N) is 1. The summed E-state index contributed by atoms with van der Waals surface area (Å²) in [5.41, 5.74) is 9.18. The number of carbonyl (C=O) groups is 1. The van der Waals surface area contributed by atoms with Gasteiger partial charge in [-0.05, 0) is 49.2 Å². The molecule has 156 valence electrons. The maximum absolute atomic E-state index is 13.5. The predicted octanol–water partition coefficient (Wildman–Crippen LogP) is 4.87. The largest absolute Gasteiger partial charge is 0.493 e. The number of methoxy groups -OCH3 is 4. The van der Waals surface area contributed by atoms with E-state index in [-0.39, 0.29) is 17.7 Å². The van der Waals surface area contributed by atoms with Crippen molar-refractivity contribution in [2.24, 2.45) is 5.11 Å². The van der Waals surface area contributed by atoms with Gasteiger partial charge in [-0.25, -0.2) is 5.53 Å². The Morgan fingerprint density at radius 1 is 0.931 bits per heavy atom. The summed E-state index contributed by atoms with van der Waals surface area (Å²) < 4.78 is 21.5. The smallest absolute Gasteiger partial charge is 0.193 e. The first-order valence-corrected chi connectivity index (χ1v) is 9.34. The highest BCUT2D eigenvalue weighted by Gasteiger charge is 2.26. The first kappa shape index (κ1) is 22.2. The molecule has 0 spiro atoms. The molecular formula is C22H28N2O5. The molecule has 0 aliphatic carbocycles. The van der Waals surface area contributed by atoms with Crippen LogP contribution in [0.2, 0.25) is 0 Å². The van der Waals surface area contributed by atoms with E-state index in [1.54, 1.807) is 38.5 Å². The Hall–Kier alpha value is -3.09. The van der Waals surface area contributed by atoms with Crippen molar-refractivity contribution in [3.8, 4) is 23.0 Å². The molecule has 7 nitrogen and oxygen atoms in total. The van der Waals surface area contributed by atoms with E-state index in [0.29, 0.717) is 40.5 Å². The molecule has 0 amide bonds. The molecule has 0 heterocycles. The lowest BCUT2D eigenvalue weighted by molar-refractivity contribution is 0.103. The fraction of sp³-hybridized carbons (Fsp3) is 0.409. The van der Waals surface area contributed by atoms with E-state index in [4.69, 9.17) is 24.5 Å². The molecule has 0 aliphatic rings. The Balaban J connectivity index is 2.68. The number of rotatable bonds is 10. The highest BCUT2D eigenvalue weighted by Crippen LogP contribution is 2.38. The molecule has 1 N–H and O–H groups in total. The number of carbonyl (C=O) groups excluding carboxylic acids is 1. The molecule has 0 aromatic heterocycles. The SMILES string of the molecule is CCC(c1cc(OC)c(OC)cc1C(=O)c1ccc(OC)c(OC)c1)C(C)N=N. The van der Waals surface area contributed by atoms with Crippen LogP contribution >= 0.6 is 0 Å². The Morgan fingerprint density at radius 2 is 1.48 bits per heavy atom. The van der Waals surface area contributed by atoms with E-state index < -0.39 is 0 Å². The molecule has 0 aliphatic heterocycles. The monoisotopic (exact) mass is 400 g/mol. The first-order chi connectivity index (χ1) is 13.9. The molecule has 0 radical (unpaired) electrons. The summed E-state index contributed by atoms with van der Waals surface area (Å²) in [6.07, 6.45) is 0.714. The zero-order valence-corrected chi connectivity index (χ0v) is 17.7. The number of hydrogen-bond donors (Lipinski definition) is 1. The summed E-state index contributed by atoms with van der Waals surface area (Å²) in [6, 6.07) is 8.26. The summed E-state index contributed by atoms with van der Waals surface area (Å²) in [5.74, 6) is 1.71. The van der Waals surface area contributed by atoms with Crippen molar-refractivity contribution in [3.63, 3.8) is 0 Å². The molecule has 2 rings (SSSR count). The van der Waals surface area contributed by atoms with Crippen molar-refractivity contribution in [1.82, 2.24) is 0 Å². The van der Waals surface area contributed by atoms with Gasteiger partial charge >= 0.3 is 0 Å². The van der Waals surface area contributed by atoms with Crippen LogP contribution in [0.5, 0.6) is 23.0 Å². The molecule has 2 unspecified atom stereocenters. The van der Waals surface area contributed by atoms with Gasteiger partial charge in [0.25, 0.3) is 0 Å². The third-order valence-corrected chi connectivity index (χ3v) is 5.07. The Labute approximate surface area is 171 Å². The molecular weight excluding hydrogens is 372 g/mol. The third-order valence-electron chi connectivity index (χ3n) is 5.07. The second kappa shape index (κ2) is 9.91. The summed E-state index contributed by atoms with van der Waals surface area (Å²) in [5, 5.41) is 3.69. The van der Waals surface area contributed by atoms with Crippen molar-refractivity contribution < 1.29 is 23.7 Å². The molecule has 7 heteroatoms. The molecule has 0 bridgehead atoms. The minimum absolute atomic E-state index is 0.119. The van der Waals surface area contributed by atoms with Gasteiger partial charge in [-0.3, -0.25) is 4.79 Å². The highest BCUT2D eigenvalue weighted by atomic mass is 16.5. The molecule has 0 saturated carbocycles. The second-order valence-corrected chi connectivity index (χ2v) is 6.58. The summed E-state index contributed by atoms with van der Waals surface area (Å²) >= 11 is 0. The van der Waals surface area contributed by atoms with Gasteiger partial charge in [0.2, 0.25) is 0 Å². The zero-order valence-electron chi connectivity index (χ0n) is 17.7. The van der Waals surface area contributed by atoms with Crippen LogP contribution in [0.4, 0.5) is 0 Å². The van der Waals surface area contributed by atoms with E-state index in [9.17, 15) is 4.79 Å². The zero-order chi connectivity index (χ0) is 21.6. The van der Waals surface area contributed by atoms with Gasteiger partial charge in [-0.1, -0.05) is 6.92 Å². The average molecular weight is 400 g/mol. The van der Waals surface area contributed by atoms with Crippen molar-refractivity contribution in [2.75, 3.05) is 28.4 Å². The van der Waals surface area contributed by atoms with Crippen LogP contribution in [0.3, 0.4) is 0 Å². The third kappa shape index (κ3) is 4.50. The molecule has 0 fully saturated rings. The molecule has 2 aromatic carbocycles. The van der Waals surface area contributed by atoms with E-state index >= 15 is 0 Å². The fourth-order valence-corrected chi connectivity index (χ4v) is 3.44. The van der Waals surface area contributed by atoms with Crippen molar-refractivity contribution in [3.05, 3.63) is 47.0 Å². The van der Waals surface area contributed by atoms with Crippen molar-refractivity contribution >= 4 is 5.78 Å². The summed E-state index contributed by atoms with van der Waals surface area (Å²) in [6.45, 7) is 3.87. The van der Waals surface area contributed by atoms with Crippen LogP contribution in [0.1, 0.15) is 47.7 Å². The lowest BCUT2D eigenvalue weighted by Gasteiger charge is -2.23. The van der Waals surface area contributed by atoms with Gasteiger partial charge in [0.1, 0.15) is 0 Å². The summed E-state index contributed by atoms with van der Waals surface area (Å²) in [4.78, 5) is 13.5. The number of benzene rings is 2. The molecule has 29 heavy (non-hydrogen) atoms. The predicted molar refractivity (Wildman–Crippen MR) is 110 cm³/mol. The highest BCUT2D eigenvalue weighted by molar-refractivity contribution is 6.10. The normalized spacial score (nSPS) is 12.6. The lowest BCUT2D eigenvalue weighted by Crippen LogP contribution is -2.17. The Bertz CT molecular complexity index is 882. The van der Waals surface area contributed by atoms with Crippen LogP contribution < -0.4 is 18.9 Å². The van der Waals surface area contributed by atoms with Crippen molar-refractivity contribution in [2.45, 2.75) is 32.2 Å². The van der Waals surface area contributed by atoms with Gasteiger partial charge in [0.15, 0.2) is 28.8 Å². The van der Waals surface area contributed by atoms with Crippen LogP contribution in [-0.4, -0.2) is 40.3 Å².